The number of aromatic nitrogens is 1. The van der Waals surface area contributed by atoms with Crippen molar-refractivity contribution in [2.45, 2.75) is 16.3 Å². The number of halogens is 1. The summed E-state index contributed by atoms with van der Waals surface area (Å²) in [5, 5.41) is 12.8. The van der Waals surface area contributed by atoms with Crippen molar-refractivity contribution in [3.8, 4) is 6.07 Å². The molecule has 0 unspecified atom stereocenters. The fraction of sp³-hybridized carbons (Fsp3) is 0.0385. The fourth-order valence-electron chi connectivity index (χ4n) is 3.25. The lowest BCUT2D eigenvalue weighted by Crippen LogP contribution is -2.21. The van der Waals surface area contributed by atoms with E-state index in [0.29, 0.717) is 28.4 Å². The Morgan fingerprint density at radius 1 is 0.939 bits per heavy atom. The molecule has 0 atom stereocenters. The third-order valence-corrected chi connectivity index (χ3v) is 6.42. The Balaban J connectivity index is 1.58. The van der Waals surface area contributed by atoms with Crippen molar-refractivity contribution in [2.24, 2.45) is 0 Å². The summed E-state index contributed by atoms with van der Waals surface area (Å²) in [7, 11) is 0. The second-order valence-corrected chi connectivity index (χ2v) is 8.63. The molecule has 0 aliphatic heterocycles. The molecule has 4 rings (SSSR count). The van der Waals surface area contributed by atoms with Gasteiger partial charge in [-0.3, -0.25) is 9.59 Å². The maximum Gasteiger partial charge on any atom is 0.256 e. The van der Waals surface area contributed by atoms with Gasteiger partial charge in [0.15, 0.2) is 0 Å². The van der Waals surface area contributed by atoms with Crippen LogP contribution in [-0.2, 0) is 6.54 Å². The van der Waals surface area contributed by atoms with Gasteiger partial charge in [-0.1, -0.05) is 65.8 Å². The molecule has 0 saturated heterocycles. The van der Waals surface area contributed by atoms with Gasteiger partial charge in [-0.25, -0.2) is 0 Å². The summed E-state index contributed by atoms with van der Waals surface area (Å²) in [6, 6.07) is 26.9. The molecular weight excluding hydrogens is 454 g/mol. The number of hydrogen-bond donors (Lipinski definition) is 1. The fourth-order valence-corrected chi connectivity index (χ4v) is 4.47. The van der Waals surface area contributed by atoms with E-state index >= 15 is 0 Å². The Morgan fingerprint density at radius 3 is 2.42 bits per heavy atom. The van der Waals surface area contributed by atoms with Gasteiger partial charge in [-0.05, 0) is 42.0 Å². The minimum atomic E-state index is -0.310. The summed E-state index contributed by atoms with van der Waals surface area (Å²) in [4.78, 5) is 26.9. The van der Waals surface area contributed by atoms with E-state index in [9.17, 15) is 14.9 Å². The summed E-state index contributed by atoms with van der Waals surface area (Å²) in [6.45, 7) is 0.291. The number of hydrogen-bond acceptors (Lipinski definition) is 4. The van der Waals surface area contributed by atoms with E-state index in [1.165, 1.54) is 22.4 Å². The van der Waals surface area contributed by atoms with E-state index in [4.69, 9.17) is 11.6 Å². The van der Waals surface area contributed by atoms with Gasteiger partial charge < -0.3 is 9.88 Å². The Labute approximate surface area is 200 Å². The first-order valence-electron chi connectivity index (χ1n) is 10.1. The number of benzene rings is 3. The molecular formula is C26H18ClN3O2S. The van der Waals surface area contributed by atoms with Gasteiger partial charge in [-0.2, -0.15) is 5.26 Å². The molecule has 1 aromatic heterocycles. The highest BCUT2D eigenvalue weighted by Crippen LogP contribution is 2.33. The number of carbonyl (C=O) groups is 1. The first-order chi connectivity index (χ1) is 16.0. The standard InChI is InChI=1S/C26H18ClN3O2S/c27-22-10-4-1-8-19(22)16-30-17-20(13-14-25(30)31)29-26(32)21-9-3-6-12-24(21)33-23-11-5-2-7-18(23)15-28/h1-14,17H,16H2,(H,29,32). The molecule has 1 N–H and O–H groups in total. The SMILES string of the molecule is N#Cc1ccccc1Sc1ccccc1C(=O)Nc1ccc(=O)n(Cc2ccccc2Cl)c1. The molecule has 1 amide bonds. The Kier molecular flexibility index (Phi) is 6.94. The minimum absolute atomic E-state index is 0.197. The van der Waals surface area contributed by atoms with Crippen molar-refractivity contribution >= 4 is 35.0 Å². The average Bonchev–Trinajstić information content (AvgIpc) is 2.83. The van der Waals surface area contributed by atoms with Crippen molar-refractivity contribution < 1.29 is 4.79 Å². The summed E-state index contributed by atoms with van der Waals surface area (Å²) in [5.41, 5.74) is 2.12. The molecule has 0 bridgehead atoms. The summed E-state index contributed by atoms with van der Waals surface area (Å²) >= 11 is 7.59. The van der Waals surface area contributed by atoms with E-state index in [2.05, 4.69) is 11.4 Å². The minimum Gasteiger partial charge on any atom is -0.321 e. The Morgan fingerprint density at radius 2 is 1.64 bits per heavy atom. The van der Waals surface area contributed by atoms with Crippen LogP contribution < -0.4 is 10.9 Å². The van der Waals surface area contributed by atoms with Gasteiger partial charge in [0.05, 0.1) is 23.4 Å². The zero-order valence-electron chi connectivity index (χ0n) is 17.4. The number of carbonyl (C=O) groups excluding carboxylic acids is 1. The van der Waals surface area contributed by atoms with E-state index in [1.807, 2.05) is 42.5 Å². The largest absolute Gasteiger partial charge is 0.321 e. The van der Waals surface area contributed by atoms with Crippen LogP contribution in [0.1, 0.15) is 21.5 Å². The van der Waals surface area contributed by atoms with Crippen molar-refractivity contribution in [3.63, 3.8) is 0 Å². The molecule has 0 spiro atoms. The van der Waals surface area contributed by atoms with E-state index in [1.54, 1.807) is 42.6 Å². The van der Waals surface area contributed by atoms with Gasteiger partial charge in [0.2, 0.25) is 0 Å². The van der Waals surface area contributed by atoms with E-state index in [0.717, 1.165) is 15.4 Å². The number of amides is 1. The monoisotopic (exact) mass is 471 g/mol. The lowest BCUT2D eigenvalue weighted by Gasteiger charge is -2.12. The molecule has 0 aliphatic carbocycles. The van der Waals surface area contributed by atoms with Crippen LogP contribution in [0, 0.1) is 11.3 Å². The molecule has 1 heterocycles. The lowest BCUT2D eigenvalue weighted by atomic mass is 10.2. The highest BCUT2D eigenvalue weighted by atomic mass is 35.5. The van der Waals surface area contributed by atoms with E-state index < -0.39 is 0 Å². The van der Waals surface area contributed by atoms with Crippen molar-refractivity contribution in [1.82, 2.24) is 4.57 Å². The molecule has 5 nitrogen and oxygen atoms in total. The van der Waals surface area contributed by atoms with E-state index in [-0.39, 0.29) is 11.5 Å². The predicted molar refractivity (Wildman–Crippen MR) is 131 cm³/mol. The van der Waals surface area contributed by atoms with Crippen LogP contribution in [-0.4, -0.2) is 10.5 Å². The van der Waals surface area contributed by atoms with Crippen LogP contribution in [0.3, 0.4) is 0 Å². The van der Waals surface area contributed by atoms with Crippen LogP contribution in [0.5, 0.6) is 0 Å². The lowest BCUT2D eigenvalue weighted by molar-refractivity contribution is 0.102. The van der Waals surface area contributed by atoms with Crippen LogP contribution in [0.15, 0.2) is 106 Å². The molecule has 7 heteroatoms. The average molecular weight is 472 g/mol. The van der Waals surface area contributed by atoms with Crippen molar-refractivity contribution in [1.29, 1.82) is 5.26 Å². The molecule has 162 valence electrons. The van der Waals surface area contributed by atoms with Gasteiger partial charge >= 0.3 is 0 Å². The molecule has 3 aromatic carbocycles. The summed E-state index contributed by atoms with van der Waals surface area (Å²) < 4.78 is 1.50. The van der Waals surface area contributed by atoms with Crippen molar-refractivity contribution in [3.05, 3.63) is 123 Å². The number of nitrogens with zero attached hydrogens (tertiary/aromatic N) is 2. The molecule has 0 radical (unpaired) electrons. The zero-order chi connectivity index (χ0) is 23.2. The number of rotatable bonds is 6. The topological polar surface area (TPSA) is 74.9 Å². The third-order valence-electron chi connectivity index (χ3n) is 4.90. The first kappa shape index (κ1) is 22.4. The molecule has 4 aromatic rings. The third kappa shape index (κ3) is 5.35. The summed E-state index contributed by atoms with van der Waals surface area (Å²) in [5.74, 6) is -0.310. The summed E-state index contributed by atoms with van der Waals surface area (Å²) in [6.07, 6.45) is 1.60. The van der Waals surface area contributed by atoms with Gasteiger partial charge in [0.25, 0.3) is 11.5 Å². The van der Waals surface area contributed by atoms with Crippen LogP contribution in [0.4, 0.5) is 5.69 Å². The number of nitriles is 1. The number of nitrogens with one attached hydrogen (secondary N) is 1. The maximum absolute atomic E-state index is 13.1. The maximum atomic E-state index is 13.1. The highest BCUT2D eigenvalue weighted by molar-refractivity contribution is 7.99. The Hall–Kier alpha value is -3.79. The second-order valence-electron chi connectivity index (χ2n) is 7.14. The first-order valence-corrected chi connectivity index (χ1v) is 11.3. The Bertz CT molecular complexity index is 1430. The molecule has 33 heavy (non-hydrogen) atoms. The highest BCUT2D eigenvalue weighted by Gasteiger charge is 2.14. The molecule has 0 saturated carbocycles. The van der Waals surface area contributed by atoms with Gasteiger partial charge in [0, 0.05) is 27.1 Å². The van der Waals surface area contributed by atoms with Crippen molar-refractivity contribution in [2.75, 3.05) is 5.32 Å². The molecule has 0 aliphatic rings. The number of anilines is 1. The second kappa shape index (κ2) is 10.2. The smallest absolute Gasteiger partial charge is 0.256 e. The zero-order valence-corrected chi connectivity index (χ0v) is 18.9. The number of pyridine rings is 1. The predicted octanol–water partition coefficient (Wildman–Crippen LogP) is 5.83. The van der Waals surface area contributed by atoms with Crippen LogP contribution in [0.2, 0.25) is 5.02 Å². The van der Waals surface area contributed by atoms with Crippen LogP contribution in [0.25, 0.3) is 0 Å². The van der Waals surface area contributed by atoms with Crippen LogP contribution >= 0.6 is 23.4 Å². The molecule has 0 fully saturated rings. The normalized spacial score (nSPS) is 10.4. The van der Waals surface area contributed by atoms with Gasteiger partial charge in [-0.15, -0.1) is 0 Å². The quantitative estimate of drug-likeness (QED) is 0.384. The van der Waals surface area contributed by atoms with Gasteiger partial charge in [0.1, 0.15) is 6.07 Å².